The number of carbonyl (C=O) groups excluding carboxylic acids is 1. The summed E-state index contributed by atoms with van der Waals surface area (Å²) in [7, 11) is 0. The van der Waals surface area contributed by atoms with Gasteiger partial charge in [-0.3, -0.25) is 4.79 Å². The maximum atomic E-state index is 10.3. The topological polar surface area (TPSA) is 17.1 Å². The molecule has 0 amide bonds. The molecule has 0 radical (unpaired) electrons. The molecule has 0 aromatic carbocycles. The number of hydrogen-bond donors (Lipinski definition) is 0. The molecule has 0 aliphatic rings. The van der Waals surface area contributed by atoms with Crippen LogP contribution in [-0.4, -0.2) is 5.78 Å². The van der Waals surface area contributed by atoms with E-state index in [1.807, 2.05) is 0 Å². The van der Waals surface area contributed by atoms with Gasteiger partial charge in [-0.2, -0.15) is 0 Å². The highest BCUT2D eigenvalue weighted by molar-refractivity contribution is 6.02. The number of ketones is 1. The van der Waals surface area contributed by atoms with Crippen molar-refractivity contribution in [2.24, 2.45) is 0 Å². The minimum absolute atomic E-state index is 0.0833. The second-order valence-corrected chi connectivity index (χ2v) is 1.35. The van der Waals surface area contributed by atoms with Crippen molar-refractivity contribution < 1.29 is 4.79 Å². The molecule has 7 heavy (non-hydrogen) atoms. The molecule has 0 aliphatic heterocycles. The Kier molecular flexibility index (Phi) is 2.06. The van der Waals surface area contributed by atoms with Crippen molar-refractivity contribution in [1.82, 2.24) is 0 Å². The Morgan fingerprint density at radius 2 is 2.14 bits per heavy atom. The third kappa shape index (κ3) is 1.93. The number of allylic oxidation sites excluding steroid dienone is 2. The molecule has 0 atom stereocenters. The predicted octanol–water partition coefficient (Wildman–Crippen LogP) is 1.32. The Labute approximate surface area is 43.3 Å². The molecule has 0 saturated carbocycles. The summed E-state index contributed by atoms with van der Waals surface area (Å²) < 4.78 is 0. The monoisotopic (exact) mass is 96.1 g/mol. The van der Waals surface area contributed by atoms with E-state index in [9.17, 15) is 4.79 Å². The second-order valence-electron chi connectivity index (χ2n) is 1.35. The van der Waals surface area contributed by atoms with Crippen molar-refractivity contribution in [3.8, 4) is 0 Å². The molecule has 0 aromatic rings. The molecule has 1 nitrogen and oxygen atoms in total. The first-order chi connectivity index (χ1) is 3.18. The number of rotatable bonds is 2. The highest BCUT2D eigenvalue weighted by atomic mass is 16.1. The van der Waals surface area contributed by atoms with Crippen molar-refractivity contribution >= 4 is 5.78 Å². The second kappa shape index (κ2) is 2.35. The molecule has 0 bridgehead atoms. The average Bonchev–Trinajstić information content (AvgIpc) is 1.65. The molecular weight excluding hydrogens is 88.1 g/mol. The lowest BCUT2D eigenvalue weighted by Gasteiger charge is -1.83. The van der Waals surface area contributed by atoms with E-state index in [1.54, 1.807) is 6.92 Å². The Hall–Kier alpha value is -0.850. The van der Waals surface area contributed by atoms with Crippen LogP contribution in [0.25, 0.3) is 0 Å². The Morgan fingerprint density at radius 1 is 1.71 bits per heavy atom. The third-order valence-electron chi connectivity index (χ3n) is 0.606. The highest BCUT2D eigenvalue weighted by Crippen LogP contribution is 1.87. The van der Waals surface area contributed by atoms with Gasteiger partial charge < -0.3 is 0 Å². The van der Waals surface area contributed by atoms with Gasteiger partial charge in [0.25, 0.3) is 0 Å². The molecule has 0 aliphatic carbocycles. The maximum Gasteiger partial charge on any atom is 0.180 e. The largest absolute Gasteiger partial charge is 0.290 e. The number of carbonyl (C=O) groups is 1. The van der Waals surface area contributed by atoms with Gasteiger partial charge in [0, 0.05) is 0 Å². The molecular formula is C6H8O. The maximum absolute atomic E-state index is 10.3. The summed E-state index contributed by atoms with van der Waals surface area (Å²) in [6.07, 6.45) is 1.25. The van der Waals surface area contributed by atoms with Gasteiger partial charge in [-0.15, -0.1) is 0 Å². The summed E-state index contributed by atoms with van der Waals surface area (Å²) in [6.45, 7) is 8.33. The Morgan fingerprint density at radius 3 is 2.14 bits per heavy atom. The van der Waals surface area contributed by atoms with Crippen LogP contribution in [0.4, 0.5) is 0 Å². The van der Waals surface area contributed by atoms with Gasteiger partial charge in [0.1, 0.15) is 0 Å². The van der Waals surface area contributed by atoms with Gasteiger partial charge in [-0.05, 0) is 18.6 Å². The summed E-state index contributed by atoms with van der Waals surface area (Å²) in [5, 5.41) is 0. The standard InChI is InChI=1S/C6H8O/c1-4-6(7)5(2)3/h4H,1-2H2,3H3. The fraction of sp³-hybridized carbons (Fsp3) is 0.167. The van der Waals surface area contributed by atoms with Crippen molar-refractivity contribution in [1.29, 1.82) is 0 Å². The summed E-state index contributed by atoms with van der Waals surface area (Å²) >= 11 is 0. The lowest BCUT2D eigenvalue weighted by Crippen LogP contribution is -1.89. The zero-order valence-electron chi connectivity index (χ0n) is 4.40. The summed E-state index contributed by atoms with van der Waals surface area (Å²) in [6, 6.07) is 0. The van der Waals surface area contributed by atoms with Gasteiger partial charge in [0.15, 0.2) is 5.78 Å². The smallest absolute Gasteiger partial charge is 0.180 e. The quantitative estimate of drug-likeness (QED) is 0.474. The zero-order valence-corrected chi connectivity index (χ0v) is 4.40. The Balaban J connectivity index is 3.81. The van der Waals surface area contributed by atoms with Gasteiger partial charge in [-0.1, -0.05) is 13.2 Å². The first-order valence-corrected chi connectivity index (χ1v) is 2.00. The summed E-state index contributed by atoms with van der Waals surface area (Å²) in [5.74, 6) is -0.0833. The third-order valence-corrected chi connectivity index (χ3v) is 0.606. The molecule has 0 rings (SSSR count). The van der Waals surface area contributed by atoms with E-state index in [0.717, 1.165) is 0 Å². The van der Waals surface area contributed by atoms with E-state index in [-0.39, 0.29) is 5.78 Å². The molecule has 0 heterocycles. The minimum Gasteiger partial charge on any atom is -0.290 e. The van der Waals surface area contributed by atoms with Crippen LogP contribution in [0.2, 0.25) is 0 Å². The van der Waals surface area contributed by atoms with Gasteiger partial charge in [-0.25, -0.2) is 0 Å². The van der Waals surface area contributed by atoms with E-state index in [0.29, 0.717) is 5.57 Å². The van der Waals surface area contributed by atoms with Crippen molar-refractivity contribution in [3.05, 3.63) is 24.8 Å². The average molecular weight is 96.1 g/mol. The van der Waals surface area contributed by atoms with E-state index in [2.05, 4.69) is 13.2 Å². The van der Waals surface area contributed by atoms with E-state index < -0.39 is 0 Å². The van der Waals surface area contributed by atoms with Crippen LogP contribution in [0, 0.1) is 0 Å². The van der Waals surface area contributed by atoms with Crippen LogP contribution >= 0.6 is 0 Å². The first-order valence-electron chi connectivity index (χ1n) is 2.00. The van der Waals surface area contributed by atoms with Gasteiger partial charge in [0.05, 0.1) is 0 Å². The van der Waals surface area contributed by atoms with Crippen LogP contribution in [-0.2, 0) is 4.79 Å². The fourth-order valence-electron chi connectivity index (χ4n) is 0.174. The van der Waals surface area contributed by atoms with Crippen molar-refractivity contribution in [3.63, 3.8) is 0 Å². The van der Waals surface area contributed by atoms with Crippen LogP contribution in [0.3, 0.4) is 0 Å². The highest BCUT2D eigenvalue weighted by Gasteiger charge is 1.90. The molecule has 0 unspecified atom stereocenters. The molecule has 0 spiro atoms. The molecule has 1 heteroatoms. The van der Waals surface area contributed by atoms with Crippen molar-refractivity contribution in [2.75, 3.05) is 0 Å². The predicted molar refractivity (Wildman–Crippen MR) is 30.0 cm³/mol. The lowest BCUT2D eigenvalue weighted by atomic mass is 10.2. The van der Waals surface area contributed by atoms with Crippen molar-refractivity contribution in [2.45, 2.75) is 6.92 Å². The zero-order chi connectivity index (χ0) is 5.86. The summed E-state index contributed by atoms with van der Waals surface area (Å²) in [5.41, 5.74) is 0.537. The first kappa shape index (κ1) is 6.15. The van der Waals surface area contributed by atoms with E-state index >= 15 is 0 Å². The minimum atomic E-state index is -0.0833. The van der Waals surface area contributed by atoms with Crippen LogP contribution < -0.4 is 0 Å². The van der Waals surface area contributed by atoms with Gasteiger partial charge in [0.2, 0.25) is 0 Å². The molecule has 0 aromatic heterocycles. The Bertz CT molecular complexity index is 111. The van der Waals surface area contributed by atoms with Crippen LogP contribution in [0.1, 0.15) is 6.92 Å². The van der Waals surface area contributed by atoms with E-state index in [1.165, 1.54) is 6.08 Å². The molecule has 0 fully saturated rings. The van der Waals surface area contributed by atoms with Crippen LogP contribution in [0.15, 0.2) is 24.8 Å². The molecule has 0 N–H and O–H groups in total. The molecule has 0 saturated heterocycles. The lowest BCUT2D eigenvalue weighted by molar-refractivity contribution is -0.111. The van der Waals surface area contributed by atoms with E-state index in [4.69, 9.17) is 0 Å². The SMILES string of the molecule is C=CC(=O)C(=C)C. The fourth-order valence-corrected chi connectivity index (χ4v) is 0.174. The molecule has 38 valence electrons. The van der Waals surface area contributed by atoms with Gasteiger partial charge >= 0.3 is 0 Å². The normalized spacial score (nSPS) is 7.57. The van der Waals surface area contributed by atoms with Crippen LogP contribution in [0.5, 0.6) is 0 Å². The summed E-state index contributed by atoms with van der Waals surface area (Å²) in [4.78, 5) is 10.3. The number of hydrogen-bond acceptors (Lipinski definition) is 1.